The molecule has 1 unspecified atom stereocenters. The van der Waals surface area contributed by atoms with Crippen LogP contribution in [0.5, 0.6) is 0 Å². The molecule has 0 aliphatic carbocycles. The standard InChI is InChI=1S/C13H18F2N2O/c1-2-17-13(18)11(8-16)7-9-3-5-10(6-4-9)12(14)15/h3-6,11-12H,2,7-8,16H2,1H3,(H,17,18). The van der Waals surface area contributed by atoms with E-state index in [9.17, 15) is 13.6 Å². The van der Waals surface area contributed by atoms with Gasteiger partial charge in [-0.05, 0) is 18.9 Å². The molecule has 3 nitrogen and oxygen atoms in total. The van der Waals surface area contributed by atoms with E-state index in [4.69, 9.17) is 5.73 Å². The minimum Gasteiger partial charge on any atom is -0.356 e. The number of benzene rings is 1. The molecule has 100 valence electrons. The summed E-state index contributed by atoms with van der Waals surface area (Å²) in [6, 6.07) is 5.99. The maximum atomic E-state index is 12.4. The molecule has 0 aromatic heterocycles. The molecule has 18 heavy (non-hydrogen) atoms. The van der Waals surface area contributed by atoms with Crippen LogP contribution < -0.4 is 11.1 Å². The van der Waals surface area contributed by atoms with Gasteiger partial charge in [-0.15, -0.1) is 0 Å². The number of carbonyl (C=O) groups is 1. The number of amides is 1. The van der Waals surface area contributed by atoms with Crippen LogP contribution in [0.4, 0.5) is 8.78 Å². The van der Waals surface area contributed by atoms with Crippen LogP contribution in [0.2, 0.25) is 0 Å². The Kier molecular flexibility index (Phi) is 5.71. The van der Waals surface area contributed by atoms with Crippen LogP contribution in [0.3, 0.4) is 0 Å². The van der Waals surface area contributed by atoms with Gasteiger partial charge in [-0.2, -0.15) is 0 Å². The first-order valence-corrected chi connectivity index (χ1v) is 5.93. The number of nitrogens with one attached hydrogen (secondary N) is 1. The van der Waals surface area contributed by atoms with Crippen LogP contribution in [0.25, 0.3) is 0 Å². The lowest BCUT2D eigenvalue weighted by atomic mass is 9.98. The zero-order valence-corrected chi connectivity index (χ0v) is 10.3. The Morgan fingerprint density at radius 3 is 2.39 bits per heavy atom. The molecular formula is C13H18F2N2O. The second-order valence-corrected chi connectivity index (χ2v) is 4.07. The Labute approximate surface area is 105 Å². The molecule has 1 aromatic rings. The summed E-state index contributed by atoms with van der Waals surface area (Å²) in [6.07, 6.45) is -2.00. The van der Waals surface area contributed by atoms with Crippen molar-refractivity contribution in [3.05, 3.63) is 35.4 Å². The van der Waals surface area contributed by atoms with Gasteiger partial charge in [0.25, 0.3) is 6.43 Å². The largest absolute Gasteiger partial charge is 0.356 e. The molecule has 1 amide bonds. The van der Waals surface area contributed by atoms with Crippen LogP contribution in [0.15, 0.2) is 24.3 Å². The van der Waals surface area contributed by atoms with Crippen molar-refractivity contribution in [3.8, 4) is 0 Å². The van der Waals surface area contributed by atoms with E-state index in [1.165, 1.54) is 12.1 Å². The molecule has 5 heteroatoms. The predicted octanol–water partition coefficient (Wildman–Crippen LogP) is 1.88. The Hall–Kier alpha value is -1.49. The molecular weight excluding hydrogens is 238 g/mol. The quantitative estimate of drug-likeness (QED) is 0.816. The normalized spacial score (nSPS) is 12.5. The second kappa shape index (κ2) is 7.06. The van der Waals surface area contributed by atoms with Crippen molar-refractivity contribution < 1.29 is 13.6 Å². The molecule has 0 heterocycles. The monoisotopic (exact) mass is 256 g/mol. The number of alkyl halides is 2. The van der Waals surface area contributed by atoms with Crippen molar-refractivity contribution >= 4 is 5.91 Å². The summed E-state index contributed by atoms with van der Waals surface area (Å²) in [5.74, 6) is -0.416. The van der Waals surface area contributed by atoms with Crippen LogP contribution in [0, 0.1) is 5.92 Å². The fourth-order valence-corrected chi connectivity index (χ4v) is 1.69. The fraction of sp³-hybridized carbons (Fsp3) is 0.462. The van der Waals surface area contributed by atoms with Crippen molar-refractivity contribution in [2.24, 2.45) is 11.7 Å². The zero-order valence-electron chi connectivity index (χ0n) is 10.3. The van der Waals surface area contributed by atoms with Gasteiger partial charge in [0.1, 0.15) is 0 Å². The first kappa shape index (κ1) is 14.6. The van der Waals surface area contributed by atoms with Crippen LogP contribution in [-0.2, 0) is 11.2 Å². The van der Waals surface area contributed by atoms with Gasteiger partial charge in [0.2, 0.25) is 5.91 Å². The van der Waals surface area contributed by atoms with Gasteiger partial charge < -0.3 is 11.1 Å². The van der Waals surface area contributed by atoms with Crippen molar-refractivity contribution in [3.63, 3.8) is 0 Å². The van der Waals surface area contributed by atoms with Crippen LogP contribution in [0.1, 0.15) is 24.5 Å². The fourth-order valence-electron chi connectivity index (χ4n) is 1.69. The van der Waals surface area contributed by atoms with E-state index in [-0.39, 0.29) is 23.9 Å². The van der Waals surface area contributed by atoms with E-state index in [2.05, 4.69) is 5.32 Å². The number of hydrogen-bond donors (Lipinski definition) is 2. The number of rotatable bonds is 6. The van der Waals surface area contributed by atoms with Crippen LogP contribution >= 0.6 is 0 Å². The van der Waals surface area contributed by atoms with Gasteiger partial charge in [-0.1, -0.05) is 24.3 Å². The van der Waals surface area contributed by atoms with Crippen LogP contribution in [-0.4, -0.2) is 19.0 Å². The van der Waals surface area contributed by atoms with Crippen molar-refractivity contribution in [1.29, 1.82) is 0 Å². The number of carbonyl (C=O) groups excluding carboxylic acids is 1. The zero-order chi connectivity index (χ0) is 13.5. The van der Waals surface area contributed by atoms with Gasteiger partial charge in [-0.3, -0.25) is 4.79 Å². The first-order chi connectivity index (χ1) is 8.58. The number of hydrogen-bond acceptors (Lipinski definition) is 2. The average Bonchev–Trinajstić information content (AvgIpc) is 2.36. The highest BCUT2D eigenvalue weighted by Gasteiger charge is 2.16. The highest BCUT2D eigenvalue weighted by molar-refractivity contribution is 5.79. The highest BCUT2D eigenvalue weighted by Crippen LogP contribution is 2.19. The van der Waals surface area contributed by atoms with E-state index in [0.717, 1.165) is 5.56 Å². The van der Waals surface area contributed by atoms with Gasteiger partial charge in [0.05, 0.1) is 5.92 Å². The Balaban J connectivity index is 2.67. The predicted molar refractivity (Wildman–Crippen MR) is 66.3 cm³/mol. The maximum absolute atomic E-state index is 12.4. The molecule has 0 saturated heterocycles. The molecule has 3 N–H and O–H groups in total. The summed E-state index contributed by atoms with van der Waals surface area (Å²) in [5.41, 5.74) is 6.37. The summed E-state index contributed by atoms with van der Waals surface area (Å²) in [6.45, 7) is 2.63. The molecule has 1 rings (SSSR count). The van der Waals surface area contributed by atoms with Gasteiger partial charge in [0.15, 0.2) is 0 Å². The maximum Gasteiger partial charge on any atom is 0.263 e. The van der Waals surface area contributed by atoms with Crippen molar-refractivity contribution in [1.82, 2.24) is 5.32 Å². The molecule has 0 saturated carbocycles. The SMILES string of the molecule is CCNC(=O)C(CN)Cc1ccc(C(F)F)cc1. The summed E-state index contributed by atoms with van der Waals surface area (Å²) in [4.78, 5) is 11.6. The number of halogens is 2. The summed E-state index contributed by atoms with van der Waals surface area (Å²) in [7, 11) is 0. The summed E-state index contributed by atoms with van der Waals surface area (Å²) in [5, 5.41) is 2.71. The smallest absolute Gasteiger partial charge is 0.263 e. The Bertz CT molecular complexity index is 379. The van der Waals surface area contributed by atoms with E-state index >= 15 is 0 Å². The Morgan fingerprint density at radius 1 is 1.33 bits per heavy atom. The minimum atomic E-state index is -2.47. The Morgan fingerprint density at radius 2 is 1.94 bits per heavy atom. The third kappa shape index (κ3) is 4.07. The van der Waals surface area contributed by atoms with Gasteiger partial charge in [0, 0.05) is 18.7 Å². The lowest BCUT2D eigenvalue weighted by molar-refractivity contribution is -0.124. The van der Waals surface area contributed by atoms with E-state index in [1.807, 2.05) is 6.92 Å². The molecule has 0 radical (unpaired) electrons. The molecule has 1 aromatic carbocycles. The highest BCUT2D eigenvalue weighted by atomic mass is 19.3. The lowest BCUT2D eigenvalue weighted by Crippen LogP contribution is -2.36. The first-order valence-electron chi connectivity index (χ1n) is 5.93. The third-order valence-corrected chi connectivity index (χ3v) is 2.72. The molecule has 0 aliphatic rings. The summed E-state index contributed by atoms with van der Waals surface area (Å²) < 4.78 is 24.7. The topological polar surface area (TPSA) is 55.1 Å². The second-order valence-electron chi connectivity index (χ2n) is 4.07. The van der Waals surface area contributed by atoms with Gasteiger partial charge >= 0.3 is 0 Å². The molecule has 1 atom stereocenters. The lowest BCUT2D eigenvalue weighted by Gasteiger charge is -2.14. The average molecular weight is 256 g/mol. The molecule has 0 bridgehead atoms. The third-order valence-electron chi connectivity index (χ3n) is 2.72. The van der Waals surface area contributed by atoms with E-state index in [1.54, 1.807) is 12.1 Å². The minimum absolute atomic E-state index is 0.0129. The molecule has 0 spiro atoms. The summed E-state index contributed by atoms with van der Waals surface area (Å²) >= 11 is 0. The molecule has 0 fully saturated rings. The van der Waals surface area contributed by atoms with E-state index in [0.29, 0.717) is 13.0 Å². The van der Waals surface area contributed by atoms with Gasteiger partial charge in [-0.25, -0.2) is 8.78 Å². The molecule has 0 aliphatic heterocycles. The van der Waals surface area contributed by atoms with E-state index < -0.39 is 6.43 Å². The van der Waals surface area contributed by atoms with Crippen molar-refractivity contribution in [2.45, 2.75) is 19.8 Å². The van der Waals surface area contributed by atoms with Crippen molar-refractivity contribution in [2.75, 3.05) is 13.1 Å². The number of nitrogens with two attached hydrogens (primary N) is 1.